The van der Waals surface area contributed by atoms with Crippen LogP contribution in [-0.2, 0) is 4.74 Å². The van der Waals surface area contributed by atoms with E-state index in [-0.39, 0.29) is 0 Å². The average Bonchev–Trinajstić information content (AvgIpc) is 2.75. The zero-order chi connectivity index (χ0) is 10.7. The van der Waals surface area contributed by atoms with E-state index in [2.05, 4.69) is 31.2 Å². The normalized spacial score (nSPS) is 22.9. The lowest BCUT2D eigenvalue weighted by Crippen LogP contribution is -2.26. The summed E-state index contributed by atoms with van der Waals surface area (Å²) in [6.07, 6.45) is 2.65. The second kappa shape index (κ2) is 4.77. The van der Waals surface area contributed by atoms with E-state index in [1.165, 1.54) is 17.5 Å². The second-order valence-electron chi connectivity index (χ2n) is 4.25. The van der Waals surface area contributed by atoms with Crippen LogP contribution in [0.2, 0.25) is 0 Å². The highest BCUT2D eigenvalue weighted by atomic mass is 16.5. The van der Waals surface area contributed by atoms with Crippen molar-refractivity contribution in [3.8, 4) is 0 Å². The third-order valence-corrected chi connectivity index (χ3v) is 3.26. The van der Waals surface area contributed by atoms with E-state index in [4.69, 9.17) is 10.5 Å². The van der Waals surface area contributed by atoms with Crippen LogP contribution in [0.4, 0.5) is 0 Å². The second-order valence-corrected chi connectivity index (χ2v) is 4.25. The van der Waals surface area contributed by atoms with E-state index in [9.17, 15) is 0 Å². The Kier molecular flexibility index (Phi) is 3.39. The molecular formula is C13H19NO. The van der Waals surface area contributed by atoms with Crippen LogP contribution in [-0.4, -0.2) is 19.3 Å². The molecule has 1 aliphatic heterocycles. The summed E-state index contributed by atoms with van der Waals surface area (Å²) in [7, 11) is 0. The van der Waals surface area contributed by atoms with Crippen LogP contribution >= 0.6 is 0 Å². The van der Waals surface area contributed by atoms with Crippen LogP contribution in [0.5, 0.6) is 0 Å². The summed E-state index contributed by atoms with van der Waals surface area (Å²) < 4.78 is 5.74. The van der Waals surface area contributed by atoms with Crippen LogP contribution in [0.25, 0.3) is 0 Å². The molecule has 1 aliphatic rings. The van der Waals surface area contributed by atoms with E-state index < -0.39 is 0 Å². The van der Waals surface area contributed by atoms with Crippen molar-refractivity contribution in [3.63, 3.8) is 0 Å². The van der Waals surface area contributed by atoms with Gasteiger partial charge in [-0.2, -0.15) is 0 Å². The van der Waals surface area contributed by atoms with E-state index in [0.29, 0.717) is 18.6 Å². The maximum atomic E-state index is 5.87. The zero-order valence-corrected chi connectivity index (χ0v) is 9.28. The molecule has 0 aliphatic carbocycles. The molecule has 2 atom stereocenters. The van der Waals surface area contributed by atoms with Crippen molar-refractivity contribution >= 4 is 0 Å². The smallest absolute Gasteiger partial charge is 0.0656 e. The highest BCUT2D eigenvalue weighted by molar-refractivity contribution is 5.30. The molecule has 0 radical (unpaired) electrons. The Morgan fingerprint density at radius 2 is 2.27 bits per heavy atom. The minimum Gasteiger partial charge on any atom is -0.378 e. The Balaban J connectivity index is 2.22. The lowest BCUT2D eigenvalue weighted by Gasteiger charge is -2.23. The Labute approximate surface area is 91.4 Å². The van der Waals surface area contributed by atoms with Crippen molar-refractivity contribution in [2.45, 2.75) is 31.8 Å². The van der Waals surface area contributed by atoms with E-state index in [1.54, 1.807) is 0 Å². The first-order valence-electron chi connectivity index (χ1n) is 5.70. The summed E-state index contributed by atoms with van der Waals surface area (Å²) in [5.74, 6) is 0.369. The van der Waals surface area contributed by atoms with Gasteiger partial charge in [-0.1, -0.05) is 24.3 Å². The SMILES string of the molecule is Cc1ccccc1C(CN)C1CCCO1. The van der Waals surface area contributed by atoms with E-state index >= 15 is 0 Å². The van der Waals surface area contributed by atoms with Crippen molar-refractivity contribution < 1.29 is 4.74 Å². The predicted molar refractivity (Wildman–Crippen MR) is 61.9 cm³/mol. The van der Waals surface area contributed by atoms with Crippen LogP contribution in [0.3, 0.4) is 0 Å². The number of nitrogens with two attached hydrogens (primary N) is 1. The van der Waals surface area contributed by atoms with Crippen LogP contribution in [0.1, 0.15) is 29.9 Å². The fourth-order valence-corrected chi connectivity index (χ4v) is 2.40. The first kappa shape index (κ1) is 10.7. The van der Waals surface area contributed by atoms with Gasteiger partial charge in [-0.25, -0.2) is 0 Å². The van der Waals surface area contributed by atoms with E-state index in [0.717, 1.165) is 13.0 Å². The molecule has 0 aromatic heterocycles. The van der Waals surface area contributed by atoms with Crippen molar-refractivity contribution in [1.29, 1.82) is 0 Å². The topological polar surface area (TPSA) is 35.2 Å². The standard InChI is InChI=1S/C13H19NO/c1-10-5-2-3-6-11(10)12(9-14)13-7-4-8-15-13/h2-3,5-6,12-13H,4,7-9,14H2,1H3. The fourth-order valence-electron chi connectivity index (χ4n) is 2.40. The molecule has 82 valence electrons. The Bertz CT molecular complexity index is 318. The molecular weight excluding hydrogens is 186 g/mol. The van der Waals surface area contributed by atoms with Gasteiger partial charge in [-0.15, -0.1) is 0 Å². The van der Waals surface area contributed by atoms with Gasteiger partial charge < -0.3 is 10.5 Å². The number of aryl methyl sites for hydroxylation is 1. The van der Waals surface area contributed by atoms with Gasteiger partial charge in [0.1, 0.15) is 0 Å². The van der Waals surface area contributed by atoms with Gasteiger partial charge in [0.25, 0.3) is 0 Å². The highest BCUT2D eigenvalue weighted by Crippen LogP contribution is 2.29. The molecule has 0 saturated carbocycles. The monoisotopic (exact) mass is 205 g/mol. The van der Waals surface area contributed by atoms with Gasteiger partial charge in [-0.05, 0) is 30.9 Å². The van der Waals surface area contributed by atoms with Gasteiger partial charge in [-0.3, -0.25) is 0 Å². The van der Waals surface area contributed by atoms with Crippen LogP contribution < -0.4 is 5.73 Å². The van der Waals surface area contributed by atoms with Crippen LogP contribution in [0.15, 0.2) is 24.3 Å². The molecule has 1 aromatic carbocycles. The number of hydrogen-bond donors (Lipinski definition) is 1. The fraction of sp³-hybridized carbons (Fsp3) is 0.538. The van der Waals surface area contributed by atoms with Crippen molar-refractivity contribution in [1.82, 2.24) is 0 Å². The Morgan fingerprint density at radius 3 is 2.87 bits per heavy atom. The maximum absolute atomic E-state index is 5.87. The Hall–Kier alpha value is -0.860. The average molecular weight is 205 g/mol. The molecule has 1 saturated heterocycles. The number of hydrogen-bond acceptors (Lipinski definition) is 2. The summed E-state index contributed by atoms with van der Waals surface area (Å²) in [5, 5.41) is 0. The van der Waals surface area contributed by atoms with Gasteiger partial charge in [0.15, 0.2) is 0 Å². The van der Waals surface area contributed by atoms with Gasteiger partial charge >= 0.3 is 0 Å². The summed E-state index contributed by atoms with van der Waals surface area (Å²) >= 11 is 0. The maximum Gasteiger partial charge on any atom is 0.0656 e. The van der Waals surface area contributed by atoms with Gasteiger partial charge in [0.2, 0.25) is 0 Å². The number of rotatable bonds is 3. The number of ether oxygens (including phenoxy) is 1. The van der Waals surface area contributed by atoms with Crippen molar-refractivity contribution in [2.24, 2.45) is 5.73 Å². The number of benzene rings is 1. The minimum atomic E-state index is 0.330. The molecule has 2 heteroatoms. The molecule has 0 amide bonds. The summed E-state index contributed by atoms with van der Waals surface area (Å²) in [6, 6.07) is 8.48. The van der Waals surface area contributed by atoms with E-state index in [1.807, 2.05) is 0 Å². The summed E-state index contributed by atoms with van der Waals surface area (Å²) in [5.41, 5.74) is 8.55. The van der Waals surface area contributed by atoms with Crippen LogP contribution in [0, 0.1) is 6.92 Å². The third-order valence-electron chi connectivity index (χ3n) is 3.26. The first-order valence-corrected chi connectivity index (χ1v) is 5.70. The third kappa shape index (κ3) is 2.21. The van der Waals surface area contributed by atoms with Crippen molar-refractivity contribution in [3.05, 3.63) is 35.4 Å². The highest BCUT2D eigenvalue weighted by Gasteiger charge is 2.26. The van der Waals surface area contributed by atoms with Gasteiger partial charge in [0.05, 0.1) is 6.10 Å². The molecule has 1 fully saturated rings. The molecule has 2 rings (SSSR count). The molecule has 0 spiro atoms. The minimum absolute atomic E-state index is 0.330. The molecule has 0 bridgehead atoms. The molecule has 1 aromatic rings. The lowest BCUT2D eigenvalue weighted by molar-refractivity contribution is 0.0904. The van der Waals surface area contributed by atoms with Gasteiger partial charge in [0, 0.05) is 19.1 Å². The Morgan fingerprint density at radius 1 is 1.47 bits per heavy atom. The lowest BCUT2D eigenvalue weighted by atomic mass is 9.89. The molecule has 2 unspecified atom stereocenters. The first-order chi connectivity index (χ1) is 7.33. The molecule has 1 heterocycles. The quantitative estimate of drug-likeness (QED) is 0.821. The largest absolute Gasteiger partial charge is 0.378 e. The summed E-state index contributed by atoms with van der Waals surface area (Å²) in [4.78, 5) is 0. The van der Waals surface area contributed by atoms with Crippen molar-refractivity contribution in [2.75, 3.05) is 13.2 Å². The molecule has 2 nitrogen and oxygen atoms in total. The summed E-state index contributed by atoms with van der Waals surface area (Å²) in [6.45, 7) is 3.72. The zero-order valence-electron chi connectivity index (χ0n) is 9.28. The predicted octanol–water partition coefficient (Wildman–Crippen LogP) is 2.22. The molecule has 15 heavy (non-hydrogen) atoms. The molecule has 2 N–H and O–H groups in total.